The van der Waals surface area contributed by atoms with Crippen molar-refractivity contribution in [2.45, 2.75) is 51.9 Å². The summed E-state index contributed by atoms with van der Waals surface area (Å²) in [6.07, 6.45) is -0.402. The van der Waals surface area contributed by atoms with Gasteiger partial charge in [-0.3, -0.25) is 14.4 Å². The van der Waals surface area contributed by atoms with Crippen molar-refractivity contribution >= 4 is 29.5 Å². The molecule has 4 aromatic rings. The third-order valence-corrected chi connectivity index (χ3v) is 7.40. The van der Waals surface area contributed by atoms with Gasteiger partial charge in [-0.15, -0.1) is 0 Å². The van der Waals surface area contributed by atoms with E-state index in [1.165, 1.54) is 48.5 Å². The number of carbonyl (C=O) groups is 3. The quantitative estimate of drug-likeness (QED) is 0.130. The van der Waals surface area contributed by atoms with Crippen molar-refractivity contribution in [3.05, 3.63) is 107 Å². The lowest BCUT2D eigenvalue weighted by Gasteiger charge is -2.18. The Bertz CT molecular complexity index is 1780. The average Bonchev–Trinajstić information content (AvgIpc) is 3.33. The van der Waals surface area contributed by atoms with Gasteiger partial charge in [0.1, 0.15) is 17.3 Å². The van der Waals surface area contributed by atoms with Crippen LogP contribution in [-0.4, -0.2) is 49.9 Å². The number of aryl methyl sites for hydroxylation is 1. The molecule has 4 rings (SSSR count). The Hall–Kier alpha value is -5.13. The molecule has 6 N–H and O–H groups in total. The Kier molecular flexibility index (Phi) is 10.5. The summed E-state index contributed by atoms with van der Waals surface area (Å²) in [4.78, 5) is 37.0. The average molecular weight is 632 g/mol. The van der Waals surface area contributed by atoms with Crippen molar-refractivity contribution in [3.8, 4) is 22.3 Å². The largest absolute Gasteiger partial charge is 0.481 e. The highest BCUT2D eigenvalue weighted by Crippen LogP contribution is 2.43. The van der Waals surface area contributed by atoms with Crippen LogP contribution >= 0.6 is 0 Å². The lowest BCUT2D eigenvalue weighted by molar-refractivity contribution is -0.139. The van der Waals surface area contributed by atoms with Crippen LogP contribution in [0, 0.1) is 18.6 Å². The van der Waals surface area contributed by atoms with Gasteiger partial charge in [-0.25, -0.2) is 8.78 Å². The van der Waals surface area contributed by atoms with Gasteiger partial charge in [0.25, 0.3) is 5.91 Å². The molecular weight excluding hydrogens is 596 g/mol. The number of hydrogen-bond donors (Lipinski definition) is 5. The minimum absolute atomic E-state index is 0.180. The first kappa shape index (κ1) is 33.8. The summed E-state index contributed by atoms with van der Waals surface area (Å²) in [7, 11) is 0. The number of aliphatic hydroxyl groups is 2. The Morgan fingerprint density at radius 2 is 1.48 bits per heavy atom. The molecule has 0 aliphatic carbocycles. The summed E-state index contributed by atoms with van der Waals surface area (Å²) >= 11 is 0. The number of primary amides is 1. The van der Waals surface area contributed by atoms with Crippen molar-refractivity contribution in [1.29, 1.82) is 0 Å². The zero-order chi connectivity index (χ0) is 33.7. The number of carboxylic acid groups (broad SMARTS) is 1. The topological polar surface area (TPSA) is 155 Å². The minimum Gasteiger partial charge on any atom is -0.481 e. The van der Waals surface area contributed by atoms with E-state index >= 15 is 0 Å². The molecular formula is C35H35F2N3O6. The molecule has 2 atom stereocenters. The van der Waals surface area contributed by atoms with E-state index in [4.69, 9.17) is 10.8 Å². The zero-order valence-corrected chi connectivity index (χ0v) is 25.5. The molecule has 0 unspecified atom stereocenters. The van der Waals surface area contributed by atoms with Crippen molar-refractivity contribution in [2.75, 3.05) is 5.32 Å². The highest BCUT2D eigenvalue weighted by Gasteiger charge is 2.30. The van der Waals surface area contributed by atoms with Crippen LogP contribution in [-0.2, 0) is 4.79 Å². The highest BCUT2D eigenvalue weighted by molar-refractivity contribution is 6.12. The fourth-order valence-corrected chi connectivity index (χ4v) is 5.32. The van der Waals surface area contributed by atoms with Gasteiger partial charge in [0.2, 0.25) is 5.91 Å². The Labute approximate surface area is 264 Å². The van der Waals surface area contributed by atoms with Gasteiger partial charge in [0, 0.05) is 40.5 Å². The third-order valence-electron chi connectivity index (χ3n) is 7.40. The molecule has 3 aromatic carbocycles. The molecule has 0 aliphatic rings. The summed E-state index contributed by atoms with van der Waals surface area (Å²) in [5.41, 5.74) is 9.20. The number of aliphatic carboxylic acids is 1. The summed E-state index contributed by atoms with van der Waals surface area (Å²) < 4.78 is 29.9. The lowest BCUT2D eigenvalue weighted by atomic mass is 9.94. The molecule has 9 nitrogen and oxygen atoms in total. The van der Waals surface area contributed by atoms with Crippen molar-refractivity contribution in [1.82, 2.24) is 4.57 Å². The second-order valence-corrected chi connectivity index (χ2v) is 11.2. The SMILES string of the molecule is Cc1cc(C(N)=O)ccc1NC(=O)c1c(-c2ccc(F)cc2)c(-c2ccc(F)cc2)c(C=C[C@@H](O)C[C@@H](O)CC(=O)O)n1C(C)C. The van der Waals surface area contributed by atoms with Crippen LogP contribution in [0.2, 0.25) is 0 Å². The number of nitrogens with one attached hydrogen (secondary N) is 1. The molecule has 0 radical (unpaired) electrons. The number of hydrogen-bond acceptors (Lipinski definition) is 5. The smallest absolute Gasteiger partial charge is 0.305 e. The lowest BCUT2D eigenvalue weighted by Crippen LogP contribution is -2.21. The van der Waals surface area contributed by atoms with Crippen LogP contribution in [0.25, 0.3) is 28.3 Å². The summed E-state index contributed by atoms with van der Waals surface area (Å²) in [6.45, 7) is 5.40. The number of anilines is 1. The van der Waals surface area contributed by atoms with Gasteiger partial charge >= 0.3 is 5.97 Å². The maximum Gasteiger partial charge on any atom is 0.305 e. The third kappa shape index (κ3) is 7.74. The van der Waals surface area contributed by atoms with E-state index < -0.39 is 48.0 Å². The maximum atomic E-state index is 14.3. The molecule has 0 spiro atoms. The number of nitrogens with two attached hydrogens (primary N) is 1. The van der Waals surface area contributed by atoms with E-state index in [-0.39, 0.29) is 23.7 Å². The number of benzene rings is 3. The van der Waals surface area contributed by atoms with E-state index in [1.807, 2.05) is 13.8 Å². The van der Waals surface area contributed by atoms with Gasteiger partial charge in [0.05, 0.1) is 18.6 Å². The normalized spacial score (nSPS) is 12.8. The molecule has 0 saturated heterocycles. The molecule has 0 bridgehead atoms. The van der Waals surface area contributed by atoms with E-state index in [0.717, 1.165) is 0 Å². The second kappa shape index (κ2) is 14.3. The number of aromatic nitrogens is 1. The monoisotopic (exact) mass is 631 g/mol. The van der Waals surface area contributed by atoms with E-state index in [0.29, 0.717) is 39.2 Å². The predicted octanol–water partition coefficient (Wildman–Crippen LogP) is 5.94. The zero-order valence-electron chi connectivity index (χ0n) is 25.5. The molecule has 1 aromatic heterocycles. The number of amides is 2. The first-order valence-corrected chi connectivity index (χ1v) is 14.5. The van der Waals surface area contributed by atoms with Gasteiger partial charge in [-0.1, -0.05) is 30.3 Å². The first-order chi connectivity index (χ1) is 21.8. The predicted molar refractivity (Wildman–Crippen MR) is 171 cm³/mol. The number of halogens is 2. The molecule has 1 heterocycles. The molecule has 2 amide bonds. The fraction of sp³-hybridized carbons (Fsp3) is 0.229. The highest BCUT2D eigenvalue weighted by atomic mass is 19.1. The van der Waals surface area contributed by atoms with Crippen LogP contribution in [0.15, 0.2) is 72.8 Å². The van der Waals surface area contributed by atoms with Crippen LogP contribution in [0.4, 0.5) is 14.5 Å². The molecule has 240 valence electrons. The standard InChI is InChI=1S/C35H35F2N3O6/c1-19(2)40-29(15-13-26(41)17-27(42)18-30(43)44)31(21-4-9-24(36)10-5-21)32(22-6-11-25(37)12-7-22)33(40)35(46)39-28-14-8-23(34(38)45)16-20(28)3/h4-16,19,26-27,41-42H,17-18H2,1-3H3,(H2,38,45)(H,39,46)(H,43,44)/t26-,27-/m1/s1. The number of aliphatic hydroxyl groups excluding tert-OH is 2. The van der Waals surface area contributed by atoms with Gasteiger partial charge < -0.3 is 30.9 Å². The molecule has 46 heavy (non-hydrogen) atoms. The number of rotatable bonds is 12. The van der Waals surface area contributed by atoms with Crippen LogP contribution in [0.3, 0.4) is 0 Å². The number of carboxylic acids is 1. The summed E-state index contributed by atoms with van der Waals surface area (Å²) in [5.74, 6) is -3.34. The van der Waals surface area contributed by atoms with Gasteiger partial charge in [-0.05, 0) is 86.0 Å². The van der Waals surface area contributed by atoms with Gasteiger partial charge in [-0.2, -0.15) is 0 Å². The summed E-state index contributed by atoms with van der Waals surface area (Å²) in [5, 5.41) is 32.7. The molecule has 11 heteroatoms. The number of nitrogens with zero attached hydrogens (tertiary/aromatic N) is 1. The molecule has 0 aliphatic heterocycles. The van der Waals surface area contributed by atoms with E-state index in [2.05, 4.69) is 5.32 Å². The van der Waals surface area contributed by atoms with Gasteiger partial charge in [0.15, 0.2) is 0 Å². The van der Waals surface area contributed by atoms with Crippen LogP contribution in [0.5, 0.6) is 0 Å². The van der Waals surface area contributed by atoms with E-state index in [1.54, 1.807) is 41.8 Å². The maximum absolute atomic E-state index is 14.3. The second-order valence-electron chi connectivity index (χ2n) is 11.2. The Balaban J connectivity index is 1.98. The van der Waals surface area contributed by atoms with Crippen LogP contribution in [0.1, 0.15) is 64.8 Å². The molecule has 0 saturated carbocycles. The van der Waals surface area contributed by atoms with E-state index in [9.17, 15) is 33.4 Å². The number of carbonyl (C=O) groups excluding carboxylic acids is 2. The minimum atomic E-state index is -1.30. The first-order valence-electron chi connectivity index (χ1n) is 14.5. The molecule has 0 fully saturated rings. The van der Waals surface area contributed by atoms with Crippen molar-refractivity contribution < 1.29 is 38.5 Å². The van der Waals surface area contributed by atoms with Crippen molar-refractivity contribution in [2.24, 2.45) is 5.73 Å². The van der Waals surface area contributed by atoms with Crippen LogP contribution < -0.4 is 11.1 Å². The summed E-state index contributed by atoms with van der Waals surface area (Å²) in [6, 6.07) is 15.4. The fourth-order valence-electron chi connectivity index (χ4n) is 5.32. The van der Waals surface area contributed by atoms with Crippen molar-refractivity contribution in [3.63, 3.8) is 0 Å². The Morgan fingerprint density at radius 3 is 1.98 bits per heavy atom. The Morgan fingerprint density at radius 1 is 0.913 bits per heavy atom.